The molecular weight excluding hydrogens is 542 g/mol. The van der Waals surface area contributed by atoms with Crippen molar-refractivity contribution in [1.29, 1.82) is 0 Å². The monoisotopic (exact) mass is 563 g/mol. The Morgan fingerprint density at radius 2 is 0.841 bits per heavy atom. The Bertz CT molecular complexity index is 2650. The first-order chi connectivity index (χ1) is 21.8. The maximum Gasteiger partial charge on any atom is 0.164 e. The third kappa shape index (κ3) is 3.26. The summed E-state index contributed by atoms with van der Waals surface area (Å²) in [4.78, 5) is 14.9. The van der Waals surface area contributed by atoms with E-state index in [-0.39, 0.29) is 0 Å². The van der Waals surface area contributed by atoms with Gasteiger partial charge < -0.3 is 8.83 Å². The first-order valence-corrected chi connectivity index (χ1v) is 14.6. The molecule has 0 amide bonds. The lowest BCUT2D eigenvalue weighted by Gasteiger charge is -2.10. The minimum atomic E-state index is 0.604. The smallest absolute Gasteiger partial charge is 0.164 e. The van der Waals surface area contributed by atoms with E-state index in [4.69, 9.17) is 23.8 Å². The molecular formula is C39H21N3O2. The van der Waals surface area contributed by atoms with E-state index in [1.165, 1.54) is 5.39 Å². The second-order valence-corrected chi connectivity index (χ2v) is 11.2. The minimum Gasteiger partial charge on any atom is -0.456 e. The van der Waals surface area contributed by atoms with Crippen molar-refractivity contribution in [2.75, 3.05) is 0 Å². The van der Waals surface area contributed by atoms with Crippen LogP contribution in [0.15, 0.2) is 136 Å². The Labute approximate surface area is 250 Å². The van der Waals surface area contributed by atoms with Crippen LogP contribution in [0.2, 0.25) is 0 Å². The third-order valence-corrected chi connectivity index (χ3v) is 8.68. The number of nitrogens with zero attached hydrogens (tertiary/aromatic N) is 3. The average molecular weight is 564 g/mol. The molecule has 3 heterocycles. The lowest BCUT2D eigenvalue weighted by atomic mass is 9.93. The topological polar surface area (TPSA) is 65.0 Å². The molecule has 10 aromatic rings. The Balaban J connectivity index is 1.30. The van der Waals surface area contributed by atoms with Crippen molar-refractivity contribution in [2.45, 2.75) is 0 Å². The first-order valence-electron chi connectivity index (χ1n) is 14.6. The quantitative estimate of drug-likeness (QED) is 0.200. The summed E-state index contributed by atoms with van der Waals surface area (Å²) in [6, 6.07) is 43.2. The first kappa shape index (κ1) is 23.5. The van der Waals surface area contributed by atoms with Gasteiger partial charge in [0.2, 0.25) is 0 Å². The number of aromatic nitrogens is 3. The summed E-state index contributed by atoms with van der Waals surface area (Å²) < 4.78 is 12.8. The van der Waals surface area contributed by atoms with Gasteiger partial charge >= 0.3 is 0 Å². The van der Waals surface area contributed by atoms with Crippen LogP contribution in [-0.2, 0) is 0 Å². The number of hydrogen-bond acceptors (Lipinski definition) is 5. The molecule has 0 atom stereocenters. The van der Waals surface area contributed by atoms with Gasteiger partial charge in [0.1, 0.15) is 22.3 Å². The molecule has 0 saturated carbocycles. The van der Waals surface area contributed by atoms with Gasteiger partial charge in [-0.1, -0.05) is 97.1 Å². The van der Waals surface area contributed by atoms with E-state index in [2.05, 4.69) is 42.5 Å². The number of rotatable bonds is 3. The van der Waals surface area contributed by atoms with Crippen molar-refractivity contribution in [2.24, 2.45) is 0 Å². The Hall–Kier alpha value is -6.07. The third-order valence-electron chi connectivity index (χ3n) is 8.68. The summed E-state index contributed by atoms with van der Waals surface area (Å²) >= 11 is 0. The predicted molar refractivity (Wildman–Crippen MR) is 177 cm³/mol. The molecule has 0 radical (unpaired) electrons. The molecule has 7 aromatic carbocycles. The highest BCUT2D eigenvalue weighted by atomic mass is 16.3. The van der Waals surface area contributed by atoms with Crippen LogP contribution in [0, 0.1) is 0 Å². The van der Waals surface area contributed by atoms with Crippen molar-refractivity contribution in [1.82, 2.24) is 15.0 Å². The normalized spacial score (nSPS) is 12.1. The van der Waals surface area contributed by atoms with Crippen molar-refractivity contribution in [3.63, 3.8) is 0 Å². The maximum absolute atomic E-state index is 6.55. The zero-order valence-electron chi connectivity index (χ0n) is 23.3. The van der Waals surface area contributed by atoms with Gasteiger partial charge in [-0.15, -0.1) is 0 Å². The SMILES string of the molecule is c1ccc(-c2nc(-c3ccccc3)nc(-c3cccc4oc5cc6c(cc5c34)c3cccc4oc5cccc6c5c43)n2)cc1. The molecule has 10 rings (SSSR count). The lowest BCUT2D eigenvalue weighted by Crippen LogP contribution is -2.00. The standard InChI is InChI=1S/C39H21N3O2/c1-3-10-22(11-4-1)37-40-38(23-12-5-2-6-13-23)42-39(41-37)26-16-9-17-30-34(26)29-20-27-24-14-7-18-31-35(24)36-25(15-8-19-32(36)43-31)28(27)21-33(29)44-30/h1-21H. The number of hydrogen-bond donors (Lipinski definition) is 0. The van der Waals surface area contributed by atoms with Gasteiger partial charge in [-0.2, -0.15) is 0 Å². The van der Waals surface area contributed by atoms with Crippen LogP contribution in [0.5, 0.6) is 0 Å². The molecule has 0 unspecified atom stereocenters. The highest BCUT2D eigenvalue weighted by Crippen LogP contribution is 2.45. The van der Waals surface area contributed by atoms with Crippen LogP contribution in [0.3, 0.4) is 0 Å². The van der Waals surface area contributed by atoms with Crippen molar-refractivity contribution >= 4 is 65.4 Å². The van der Waals surface area contributed by atoms with Crippen molar-refractivity contribution in [3.8, 4) is 34.2 Å². The highest BCUT2D eigenvalue weighted by molar-refractivity contribution is 6.34. The molecule has 0 aliphatic carbocycles. The molecule has 0 fully saturated rings. The van der Waals surface area contributed by atoms with Crippen molar-refractivity contribution < 1.29 is 8.83 Å². The zero-order valence-corrected chi connectivity index (χ0v) is 23.3. The second kappa shape index (κ2) is 8.72. The van der Waals surface area contributed by atoms with Crippen LogP contribution in [0.25, 0.3) is 99.6 Å². The van der Waals surface area contributed by atoms with Gasteiger partial charge in [0.15, 0.2) is 17.5 Å². The molecule has 44 heavy (non-hydrogen) atoms. The van der Waals surface area contributed by atoms with E-state index in [0.29, 0.717) is 17.5 Å². The van der Waals surface area contributed by atoms with E-state index < -0.39 is 0 Å². The molecule has 204 valence electrons. The summed E-state index contributed by atoms with van der Waals surface area (Å²) in [5, 5.41) is 8.96. The zero-order chi connectivity index (χ0) is 28.8. The van der Waals surface area contributed by atoms with Gasteiger partial charge in [-0.05, 0) is 51.9 Å². The van der Waals surface area contributed by atoms with Gasteiger partial charge in [-0.25, -0.2) is 15.0 Å². The Morgan fingerprint density at radius 1 is 0.341 bits per heavy atom. The van der Waals surface area contributed by atoms with Crippen LogP contribution in [-0.4, -0.2) is 15.0 Å². The summed E-state index contributed by atoms with van der Waals surface area (Å²) in [5.41, 5.74) is 6.19. The molecule has 0 saturated heterocycles. The Morgan fingerprint density at radius 3 is 1.45 bits per heavy atom. The number of furan rings is 2. The summed E-state index contributed by atoms with van der Waals surface area (Å²) in [6.45, 7) is 0. The molecule has 0 N–H and O–H groups in total. The fraction of sp³-hybridized carbons (Fsp3) is 0. The summed E-state index contributed by atoms with van der Waals surface area (Å²) in [7, 11) is 0. The molecule has 5 heteroatoms. The van der Waals surface area contributed by atoms with Crippen molar-refractivity contribution in [3.05, 3.63) is 127 Å². The second-order valence-electron chi connectivity index (χ2n) is 11.2. The fourth-order valence-corrected chi connectivity index (χ4v) is 6.75. The van der Waals surface area contributed by atoms with Crippen LogP contribution in [0.1, 0.15) is 0 Å². The average Bonchev–Trinajstić information content (AvgIpc) is 3.66. The summed E-state index contributed by atoms with van der Waals surface area (Å²) in [5.74, 6) is 1.86. The number of benzene rings is 7. The molecule has 0 bridgehead atoms. The molecule has 0 aliphatic rings. The van der Waals surface area contributed by atoms with Crippen LogP contribution < -0.4 is 0 Å². The van der Waals surface area contributed by atoms with Gasteiger partial charge in [-0.3, -0.25) is 0 Å². The fourth-order valence-electron chi connectivity index (χ4n) is 6.75. The summed E-state index contributed by atoms with van der Waals surface area (Å²) in [6.07, 6.45) is 0. The Kier molecular flexibility index (Phi) is 4.66. The molecule has 0 aliphatic heterocycles. The largest absolute Gasteiger partial charge is 0.456 e. The number of fused-ring (bicyclic) bond motifs is 6. The van der Waals surface area contributed by atoms with E-state index >= 15 is 0 Å². The van der Waals surface area contributed by atoms with E-state index in [9.17, 15) is 0 Å². The molecule has 3 aromatic heterocycles. The minimum absolute atomic E-state index is 0.604. The van der Waals surface area contributed by atoms with E-state index in [1.54, 1.807) is 0 Å². The molecule has 0 spiro atoms. The van der Waals surface area contributed by atoms with Gasteiger partial charge in [0.25, 0.3) is 0 Å². The van der Waals surface area contributed by atoms with Crippen LogP contribution >= 0.6 is 0 Å². The predicted octanol–water partition coefficient (Wildman–Crippen LogP) is 10.4. The van der Waals surface area contributed by atoms with Gasteiger partial charge in [0.05, 0.1) is 0 Å². The van der Waals surface area contributed by atoms with E-state index in [0.717, 1.165) is 76.7 Å². The highest BCUT2D eigenvalue weighted by Gasteiger charge is 2.21. The van der Waals surface area contributed by atoms with Gasteiger partial charge in [0, 0.05) is 38.2 Å². The van der Waals surface area contributed by atoms with Crippen LogP contribution in [0.4, 0.5) is 0 Å². The molecule has 5 nitrogen and oxygen atoms in total. The lowest BCUT2D eigenvalue weighted by molar-refractivity contribution is 0.669. The van der Waals surface area contributed by atoms with E-state index in [1.807, 2.05) is 84.9 Å². The maximum atomic E-state index is 6.55.